The minimum Gasteiger partial charge on any atom is -0.405 e. The summed E-state index contributed by atoms with van der Waals surface area (Å²) in [7, 11) is 0. The van der Waals surface area contributed by atoms with Crippen LogP contribution in [0, 0.1) is 5.41 Å². The predicted octanol–water partition coefficient (Wildman–Crippen LogP) is 1.82. The summed E-state index contributed by atoms with van der Waals surface area (Å²) in [4.78, 5) is 0. The van der Waals surface area contributed by atoms with E-state index in [0.717, 1.165) is 11.3 Å². The first kappa shape index (κ1) is 9.65. The monoisotopic (exact) mass is 176 g/mol. The lowest BCUT2D eigenvalue weighted by Gasteiger charge is -2.14. The highest BCUT2D eigenvalue weighted by molar-refractivity contribution is 5.43. The molecule has 0 spiro atoms. The standard InChI is InChI=1S/C11H16N2/c1-11(2)6-3-4-9(5-7-12)10(13)8-11/h3-8H,12-13H2,1-2H3/b7-5-. The van der Waals surface area contributed by atoms with Gasteiger partial charge < -0.3 is 11.5 Å². The van der Waals surface area contributed by atoms with Crippen LogP contribution in [0.2, 0.25) is 0 Å². The van der Waals surface area contributed by atoms with Gasteiger partial charge in [0.05, 0.1) is 0 Å². The second-order valence-corrected chi connectivity index (χ2v) is 3.76. The Balaban J connectivity index is 3.04. The zero-order chi connectivity index (χ0) is 9.90. The van der Waals surface area contributed by atoms with E-state index in [4.69, 9.17) is 11.5 Å². The van der Waals surface area contributed by atoms with Gasteiger partial charge >= 0.3 is 0 Å². The maximum Gasteiger partial charge on any atom is 0.0356 e. The summed E-state index contributed by atoms with van der Waals surface area (Å²) in [6.07, 6.45) is 11.4. The summed E-state index contributed by atoms with van der Waals surface area (Å²) in [5.41, 5.74) is 13.0. The second-order valence-electron chi connectivity index (χ2n) is 3.76. The Morgan fingerprint density at radius 2 is 2.08 bits per heavy atom. The number of nitrogens with two attached hydrogens (primary N) is 2. The van der Waals surface area contributed by atoms with E-state index in [1.54, 1.807) is 6.08 Å². The molecule has 0 heterocycles. The van der Waals surface area contributed by atoms with Crippen molar-refractivity contribution in [1.82, 2.24) is 0 Å². The summed E-state index contributed by atoms with van der Waals surface area (Å²) in [5, 5.41) is 0. The Bertz CT molecular complexity index is 304. The van der Waals surface area contributed by atoms with Crippen molar-refractivity contribution >= 4 is 0 Å². The topological polar surface area (TPSA) is 52.0 Å². The third-order valence-electron chi connectivity index (χ3n) is 1.94. The van der Waals surface area contributed by atoms with Crippen LogP contribution in [0.15, 0.2) is 47.9 Å². The number of rotatable bonds is 1. The molecule has 0 amide bonds. The first-order valence-electron chi connectivity index (χ1n) is 4.32. The molecule has 70 valence electrons. The van der Waals surface area contributed by atoms with Crippen molar-refractivity contribution in [2.24, 2.45) is 16.9 Å². The van der Waals surface area contributed by atoms with Crippen molar-refractivity contribution in [3.05, 3.63) is 47.9 Å². The number of hydrogen-bond acceptors (Lipinski definition) is 2. The zero-order valence-electron chi connectivity index (χ0n) is 8.12. The molecule has 1 rings (SSSR count). The molecule has 0 saturated heterocycles. The molecule has 1 aliphatic rings. The van der Waals surface area contributed by atoms with Crippen molar-refractivity contribution in [2.75, 3.05) is 0 Å². The van der Waals surface area contributed by atoms with Gasteiger partial charge in [-0.2, -0.15) is 0 Å². The van der Waals surface area contributed by atoms with Crippen LogP contribution in [0.1, 0.15) is 13.8 Å². The molecule has 0 saturated carbocycles. The van der Waals surface area contributed by atoms with Crippen LogP contribution in [-0.4, -0.2) is 0 Å². The molecule has 0 aliphatic heterocycles. The van der Waals surface area contributed by atoms with E-state index in [1.165, 1.54) is 6.20 Å². The van der Waals surface area contributed by atoms with Gasteiger partial charge in [0.25, 0.3) is 0 Å². The Morgan fingerprint density at radius 3 is 2.69 bits per heavy atom. The maximum atomic E-state index is 5.89. The van der Waals surface area contributed by atoms with Crippen LogP contribution in [0.5, 0.6) is 0 Å². The molecule has 0 aromatic heterocycles. The fourth-order valence-corrected chi connectivity index (χ4v) is 1.28. The molecule has 0 unspecified atom stereocenters. The smallest absolute Gasteiger partial charge is 0.0356 e. The predicted molar refractivity (Wildman–Crippen MR) is 56.6 cm³/mol. The van der Waals surface area contributed by atoms with Gasteiger partial charge in [-0.05, 0) is 17.8 Å². The molecule has 0 fully saturated rings. The van der Waals surface area contributed by atoms with Crippen LogP contribution >= 0.6 is 0 Å². The number of allylic oxidation sites excluding steroid dienone is 5. The zero-order valence-corrected chi connectivity index (χ0v) is 8.12. The quantitative estimate of drug-likeness (QED) is 0.640. The molecule has 1 aliphatic carbocycles. The van der Waals surface area contributed by atoms with Crippen LogP contribution in [0.25, 0.3) is 0 Å². The average molecular weight is 176 g/mol. The fraction of sp³-hybridized carbons (Fsp3) is 0.273. The Kier molecular flexibility index (Phi) is 2.61. The lowest BCUT2D eigenvalue weighted by Crippen LogP contribution is -2.07. The summed E-state index contributed by atoms with van der Waals surface area (Å²) in [5.74, 6) is 0. The van der Waals surface area contributed by atoms with Crippen molar-refractivity contribution in [3.63, 3.8) is 0 Å². The Hall–Kier alpha value is -1.44. The molecule has 4 N–H and O–H groups in total. The molecule has 0 bridgehead atoms. The van der Waals surface area contributed by atoms with Crippen molar-refractivity contribution in [2.45, 2.75) is 13.8 Å². The van der Waals surface area contributed by atoms with Gasteiger partial charge in [-0.3, -0.25) is 0 Å². The van der Waals surface area contributed by atoms with Gasteiger partial charge in [-0.15, -0.1) is 0 Å². The van der Waals surface area contributed by atoms with E-state index < -0.39 is 0 Å². The van der Waals surface area contributed by atoms with Gasteiger partial charge in [0.1, 0.15) is 0 Å². The molecule has 0 aromatic rings. The Labute approximate surface area is 79.3 Å². The molecular formula is C11H16N2. The first-order chi connectivity index (χ1) is 6.05. The van der Waals surface area contributed by atoms with Crippen LogP contribution < -0.4 is 11.5 Å². The highest BCUT2D eigenvalue weighted by Gasteiger charge is 2.13. The largest absolute Gasteiger partial charge is 0.405 e. The van der Waals surface area contributed by atoms with E-state index in [-0.39, 0.29) is 5.41 Å². The average Bonchev–Trinajstić information content (AvgIpc) is 2.11. The van der Waals surface area contributed by atoms with E-state index in [2.05, 4.69) is 19.9 Å². The minimum atomic E-state index is 0.0186. The molecule has 0 aromatic carbocycles. The van der Waals surface area contributed by atoms with Gasteiger partial charge in [-0.1, -0.05) is 38.2 Å². The van der Waals surface area contributed by atoms with Crippen LogP contribution in [-0.2, 0) is 0 Å². The highest BCUT2D eigenvalue weighted by atomic mass is 14.6. The minimum absolute atomic E-state index is 0.0186. The first-order valence-corrected chi connectivity index (χ1v) is 4.32. The molecule has 2 heteroatoms. The fourth-order valence-electron chi connectivity index (χ4n) is 1.28. The summed E-state index contributed by atoms with van der Waals surface area (Å²) in [6.45, 7) is 4.22. The van der Waals surface area contributed by atoms with E-state index in [0.29, 0.717) is 0 Å². The van der Waals surface area contributed by atoms with Crippen LogP contribution in [0.3, 0.4) is 0 Å². The molecule has 0 atom stereocenters. The lowest BCUT2D eigenvalue weighted by molar-refractivity contribution is 0.622. The molecule has 2 nitrogen and oxygen atoms in total. The number of hydrogen-bond donors (Lipinski definition) is 2. The lowest BCUT2D eigenvalue weighted by atomic mass is 9.92. The molecule has 13 heavy (non-hydrogen) atoms. The third-order valence-corrected chi connectivity index (χ3v) is 1.94. The second kappa shape index (κ2) is 3.52. The summed E-state index contributed by atoms with van der Waals surface area (Å²) >= 11 is 0. The molecule has 0 radical (unpaired) electrons. The van der Waals surface area contributed by atoms with Gasteiger partial charge in [0.2, 0.25) is 0 Å². The SMILES string of the molecule is CC1(C)C=CC=C(/C=C\N)C(N)=C1. The van der Waals surface area contributed by atoms with Crippen molar-refractivity contribution < 1.29 is 0 Å². The van der Waals surface area contributed by atoms with Crippen molar-refractivity contribution in [3.8, 4) is 0 Å². The summed E-state index contributed by atoms with van der Waals surface area (Å²) < 4.78 is 0. The maximum absolute atomic E-state index is 5.89. The van der Waals surface area contributed by atoms with E-state index in [9.17, 15) is 0 Å². The normalized spacial score (nSPS) is 21.1. The summed E-state index contributed by atoms with van der Waals surface area (Å²) in [6, 6.07) is 0. The Morgan fingerprint density at radius 1 is 1.38 bits per heavy atom. The van der Waals surface area contributed by atoms with Crippen LogP contribution in [0.4, 0.5) is 0 Å². The van der Waals surface area contributed by atoms with Gasteiger partial charge in [-0.25, -0.2) is 0 Å². The molecular weight excluding hydrogens is 160 g/mol. The van der Waals surface area contributed by atoms with Gasteiger partial charge in [0.15, 0.2) is 0 Å². The van der Waals surface area contributed by atoms with Gasteiger partial charge in [0, 0.05) is 11.1 Å². The van der Waals surface area contributed by atoms with E-state index in [1.807, 2.05) is 18.2 Å². The third kappa shape index (κ3) is 2.51. The highest BCUT2D eigenvalue weighted by Crippen LogP contribution is 2.25. The van der Waals surface area contributed by atoms with E-state index >= 15 is 0 Å². The van der Waals surface area contributed by atoms with Crippen molar-refractivity contribution in [1.29, 1.82) is 0 Å².